The fourth-order valence-corrected chi connectivity index (χ4v) is 10.2. The summed E-state index contributed by atoms with van der Waals surface area (Å²) in [6, 6.07) is -0.949. The zero-order valence-corrected chi connectivity index (χ0v) is 55.3. The van der Waals surface area contributed by atoms with Gasteiger partial charge in [-0.1, -0.05) is 255 Å². The molecule has 2 fully saturated rings. The minimum absolute atomic E-state index is 0.250. The Labute approximate surface area is 544 Å². The summed E-state index contributed by atoms with van der Waals surface area (Å²) in [5.74, 6) is -0.267. The van der Waals surface area contributed by atoms with E-state index in [1.165, 1.54) is 57.8 Å². The first kappa shape index (κ1) is 81.7. The third-order valence-corrected chi connectivity index (χ3v) is 15.7. The van der Waals surface area contributed by atoms with E-state index in [2.05, 4.69) is 165 Å². The lowest BCUT2D eigenvalue weighted by Gasteiger charge is -2.46. The molecule has 14 heteroatoms. The molecule has 0 aromatic rings. The van der Waals surface area contributed by atoms with Gasteiger partial charge in [0.15, 0.2) is 12.6 Å². The summed E-state index contributed by atoms with van der Waals surface area (Å²) >= 11 is 0. The predicted molar refractivity (Wildman–Crippen MR) is 368 cm³/mol. The number of unbranched alkanes of at least 4 members (excludes halogenated alkanes) is 17. The largest absolute Gasteiger partial charge is 0.394 e. The van der Waals surface area contributed by atoms with Gasteiger partial charge >= 0.3 is 0 Å². The molecular formula is C76H123NO13. The molecule has 0 saturated carbocycles. The number of amides is 1. The van der Waals surface area contributed by atoms with Gasteiger partial charge in [0.25, 0.3) is 0 Å². The first-order chi connectivity index (χ1) is 44.1. The van der Waals surface area contributed by atoms with E-state index >= 15 is 0 Å². The zero-order chi connectivity index (χ0) is 65.2. The quantitative estimate of drug-likeness (QED) is 0.0204. The van der Waals surface area contributed by atoms with Gasteiger partial charge in [0.05, 0.1) is 32.0 Å². The van der Waals surface area contributed by atoms with Crippen LogP contribution in [0, 0.1) is 0 Å². The smallest absolute Gasteiger partial charge is 0.220 e. The van der Waals surface area contributed by atoms with Crippen LogP contribution in [0.5, 0.6) is 0 Å². The highest BCUT2D eigenvalue weighted by Gasteiger charge is 2.51. The van der Waals surface area contributed by atoms with Crippen LogP contribution in [0.1, 0.15) is 219 Å². The van der Waals surface area contributed by atoms with Crippen molar-refractivity contribution in [2.45, 2.75) is 293 Å². The van der Waals surface area contributed by atoms with Crippen molar-refractivity contribution in [2.24, 2.45) is 0 Å². The maximum Gasteiger partial charge on any atom is 0.220 e. The van der Waals surface area contributed by atoms with Gasteiger partial charge in [0.2, 0.25) is 5.91 Å². The molecule has 0 aromatic heterocycles. The van der Waals surface area contributed by atoms with Gasteiger partial charge in [-0.3, -0.25) is 4.79 Å². The van der Waals surface area contributed by atoms with Crippen molar-refractivity contribution >= 4 is 5.91 Å². The van der Waals surface area contributed by atoms with E-state index in [0.717, 1.165) is 128 Å². The second-order valence-corrected chi connectivity index (χ2v) is 23.6. The average molecular weight is 1260 g/mol. The van der Waals surface area contributed by atoms with Gasteiger partial charge < -0.3 is 65.1 Å². The third kappa shape index (κ3) is 42.0. The van der Waals surface area contributed by atoms with E-state index in [1.54, 1.807) is 6.08 Å². The molecule has 2 saturated heterocycles. The second kappa shape index (κ2) is 58.4. The number of aliphatic hydroxyl groups excluding tert-OH is 8. The molecule has 510 valence electrons. The molecule has 12 atom stereocenters. The molecule has 12 unspecified atom stereocenters. The average Bonchev–Trinajstić information content (AvgIpc) is 1.58. The summed E-state index contributed by atoms with van der Waals surface area (Å²) in [6.45, 7) is 2.63. The fraction of sp³-hybridized carbons (Fsp3) is 0.645. The van der Waals surface area contributed by atoms with Crippen molar-refractivity contribution in [1.29, 1.82) is 0 Å². The number of carbonyl (C=O) groups is 1. The summed E-state index contributed by atoms with van der Waals surface area (Å²) in [6.07, 6.45) is 73.0. The summed E-state index contributed by atoms with van der Waals surface area (Å²) in [5.41, 5.74) is 0. The Kier molecular flexibility index (Phi) is 53.0. The molecule has 2 rings (SSSR count). The molecule has 90 heavy (non-hydrogen) atoms. The number of aliphatic hydroxyl groups is 8. The van der Waals surface area contributed by atoms with Crippen LogP contribution in [0.15, 0.2) is 158 Å². The molecule has 0 bridgehead atoms. The van der Waals surface area contributed by atoms with Crippen LogP contribution in [0.25, 0.3) is 0 Å². The van der Waals surface area contributed by atoms with Crippen molar-refractivity contribution in [2.75, 3.05) is 19.8 Å². The molecule has 2 aliphatic heterocycles. The molecule has 2 heterocycles. The maximum absolute atomic E-state index is 13.3. The lowest BCUT2D eigenvalue weighted by molar-refractivity contribution is -0.359. The summed E-state index contributed by atoms with van der Waals surface area (Å²) in [5, 5.41) is 87.2. The van der Waals surface area contributed by atoms with Crippen LogP contribution in [0.2, 0.25) is 0 Å². The van der Waals surface area contributed by atoms with Crippen LogP contribution >= 0.6 is 0 Å². The van der Waals surface area contributed by atoms with Gasteiger partial charge in [-0.25, -0.2) is 0 Å². The highest BCUT2D eigenvalue weighted by molar-refractivity contribution is 5.76. The van der Waals surface area contributed by atoms with Crippen molar-refractivity contribution < 1.29 is 64.6 Å². The molecule has 0 aliphatic carbocycles. The van der Waals surface area contributed by atoms with E-state index in [-0.39, 0.29) is 18.9 Å². The Morgan fingerprint density at radius 1 is 0.411 bits per heavy atom. The van der Waals surface area contributed by atoms with E-state index in [9.17, 15) is 45.6 Å². The van der Waals surface area contributed by atoms with Crippen LogP contribution in [-0.4, -0.2) is 140 Å². The maximum atomic E-state index is 13.3. The van der Waals surface area contributed by atoms with Crippen molar-refractivity contribution in [1.82, 2.24) is 5.32 Å². The molecule has 0 aromatic carbocycles. The monoisotopic (exact) mass is 1260 g/mol. The number of rotatable bonds is 54. The van der Waals surface area contributed by atoms with Crippen LogP contribution in [0.4, 0.5) is 0 Å². The van der Waals surface area contributed by atoms with E-state index < -0.39 is 86.8 Å². The van der Waals surface area contributed by atoms with Crippen LogP contribution in [-0.2, 0) is 23.7 Å². The highest BCUT2D eigenvalue weighted by atomic mass is 16.7. The number of ether oxygens (including phenoxy) is 4. The second-order valence-electron chi connectivity index (χ2n) is 23.6. The van der Waals surface area contributed by atoms with Crippen LogP contribution in [0.3, 0.4) is 0 Å². The molecule has 14 nitrogen and oxygen atoms in total. The lowest BCUT2D eigenvalue weighted by atomic mass is 9.97. The third-order valence-electron chi connectivity index (χ3n) is 15.7. The standard InChI is InChI=1S/C76H123NO13/c1-3-5-7-9-11-13-15-17-19-20-21-22-23-24-25-26-27-28-29-30-31-32-33-34-35-36-37-38-39-40-41-42-43-44-46-48-50-52-54-56-58-60-68(81)77-64(65(80)59-57-55-53-51-49-47-45-18-16-14-12-10-8-6-4-2)63-87-75-73(86)71(84)74(67(62-79)89-75)90-76-72(85)70(83)69(82)66(61-78)88-76/h5,7,11,13,17,19,21-22,24-25,27-28,30-31,33-34,36-37,39-40,42-43,49,51,57,59,64-67,69-76,78-80,82-86H,3-4,6,8-10,12,14-16,18,20,23,26,29,32,35,38,41,44-48,50,52-56,58,60-63H2,1-2H3,(H,77,81)/b7-5-,13-11-,19-17-,22-21-,25-24-,28-27-,31-30-,34-33-,37-36-,40-39-,43-42-,51-49+,59-57+. The Hall–Kier alpha value is -4.39. The molecule has 0 radical (unpaired) electrons. The van der Waals surface area contributed by atoms with Crippen molar-refractivity contribution in [3.05, 3.63) is 158 Å². The number of allylic oxidation sites excluding steroid dienone is 25. The Balaban J connectivity index is 1.64. The predicted octanol–water partition coefficient (Wildman–Crippen LogP) is 14.2. The number of carbonyl (C=O) groups excluding carboxylic acids is 1. The van der Waals surface area contributed by atoms with Crippen LogP contribution < -0.4 is 5.32 Å². The summed E-state index contributed by atoms with van der Waals surface area (Å²) in [7, 11) is 0. The summed E-state index contributed by atoms with van der Waals surface area (Å²) in [4.78, 5) is 13.3. The van der Waals surface area contributed by atoms with Gasteiger partial charge in [-0.15, -0.1) is 0 Å². The SMILES string of the molecule is CC/C=C\C/C=C\C/C=C\C/C=C\C/C=C\C/C=C\C/C=C\C/C=C\C/C=C\C/C=C\C/C=C\CCCCCCCCCC(=O)NC(COC1OC(CO)C(OC2OC(CO)C(O)C(O)C2O)C(O)C1O)C(O)/C=C/CC/C=C/CCCCCCCCCCC. The number of hydrogen-bond acceptors (Lipinski definition) is 13. The zero-order valence-electron chi connectivity index (χ0n) is 55.3. The van der Waals surface area contributed by atoms with Crippen molar-refractivity contribution in [3.63, 3.8) is 0 Å². The molecule has 2 aliphatic rings. The normalized spacial score (nSPS) is 23.9. The molecule has 9 N–H and O–H groups in total. The highest BCUT2D eigenvalue weighted by Crippen LogP contribution is 2.30. The number of nitrogens with one attached hydrogen (secondary N) is 1. The van der Waals surface area contributed by atoms with Gasteiger partial charge in [-0.2, -0.15) is 0 Å². The Bertz CT molecular complexity index is 2120. The first-order valence-corrected chi connectivity index (χ1v) is 34.7. The molecule has 1 amide bonds. The Morgan fingerprint density at radius 3 is 1.22 bits per heavy atom. The van der Waals surface area contributed by atoms with E-state index in [1.807, 2.05) is 6.08 Å². The minimum atomic E-state index is -1.80. The fourth-order valence-electron chi connectivity index (χ4n) is 10.2. The van der Waals surface area contributed by atoms with Gasteiger partial charge in [0.1, 0.15) is 48.8 Å². The Morgan fingerprint density at radius 2 is 0.778 bits per heavy atom. The number of hydrogen-bond donors (Lipinski definition) is 9. The molecule has 0 spiro atoms. The molecular weight excluding hydrogens is 1130 g/mol. The first-order valence-electron chi connectivity index (χ1n) is 34.7. The van der Waals surface area contributed by atoms with Gasteiger partial charge in [-0.05, 0) is 116 Å². The van der Waals surface area contributed by atoms with E-state index in [4.69, 9.17) is 18.9 Å². The van der Waals surface area contributed by atoms with Gasteiger partial charge in [0, 0.05) is 6.42 Å². The summed E-state index contributed by atoms with van der Waals surface area (Å²) < 4.78 is 22.8. The topological polar surface area (TPSA) is 228 Å². The minimum Gasteiger partial charge on any atom is -0.394 e. The van der Waals surface area contributed by atoms with Crippen molar-refractivity contribution in [3.8, 4) is 0 Å². The van der Waals surface area contributed by atoms with E-state index in [0.29, 0.717) is 12.8 Å². The lowest BCUT2D eigenvalue weighted by Crippen LogP contribution is -2.65.